The number of nitrogens with one attached hydrogen (secondary N) is 1. The first-order valence-corrected chi connectivity index (χ1v) is 9.41. The lowest BCUT2D eigenvalue weighted by atomic mass is 10.1. The molecule has 132 valence electrons. The van der Waals surface area contributed by atoms with E-state index < -0.39 is 0 Å². The fraction of sp³-hybridized carbons (Fsp3) is 0. The van der Waals surface area contributed by atoms with Gasteiger partial charge in [0, 0.05) is 16.6 Å². The second kappa shape index (κ2) is 7.85. The molecule has 5 heteroatoms. The Morgan fingerprint density at radius 3 is 2.07 bits per heavy atom. The van der Waals surface area contributed by atoms with Crippen LogP contribution >= 0.6 is 11.3 Å². The van der Waals surface area contributed by atoms with Gasteiger partial charge in [-0.2, -0.15) is 0 Å². The minimum absolute atomic E-state index is 0.232. The van der Waals surface area contributed by atoms with Gasteiger partial charge in [0.25, 0.3) is 5.91 Å². The Hall–Kier alpha value is -3.44. The van der Waals surface area contributed by atoms with Gasteiger partial charge in [0.1, 0.15) is 0 Å². The van der Waals surface area contributed by atoms with Crippen molar-refractivity contribution in [3.8, 4) is 16.9 Å². The number of aromatic nitrogens is 1. The molecule has 0 aliphatic carbocycles. The molecule has 0 unspecified atom stereocenters. The Kier molecular flexibility index (Phi) is 4.94. The zero-order chi connectivity index (χ0) is 18.5. The lowest BCUT2D eigenvalue weighted by Gasteiger charge is -2.09. The number of rotatable bonds is 4. The largest absolute Gasteiger partial charge is 0.284 e. The predicted octanol–water partition coefficient (Wildman–Crippen LogP) is 4.45. The average molecular weight is 371 g/mol. The van der Waals surface area contributed by atoms with Crippen LogP contribution in [-0.2, 0) is 0 Å². The predicted molar refractivity (Wildman–Crippen MR) is 109 cm³/mol. The van der Waals surface area contributed by atoms with E-state index in [1.165, 1.54) is 11.3 Å². The number of amides is 1. The van der Waals surface area contributed by atoms with E-state index in [0.29, 0.717) is 10.4 Å². The standard InChI is InChI=1S/C22H17N3OS/c26-21(18-12-6-2-7-13-18)23-24-22-25(19-14-8-3-9-15-19)20(16-27-22)17-10-4-1-5-11-17/h1-16H,(H,23,26). The smallest absolute Gasteiger partial charge is 0.271 e. The Morgan fingerprint density at radius 1 is 0.815 bits per heavy atom. The van der Waals surface area contributed by atoms with Crippen molar-refractivity contribution in [1.29, 1.82) is 0 Å². The summed E-state index contributed by atoms with van der Waals surface area (Å²) in [7, 11) is 0. The van der Waals surface area contributed by atoms with Crippen LogP contribution in [-0.4, -0.2) is 10.5 Å². The van der Waals surface area contributed by atoms with Gasteiger partial charge in [-0.05, 0) is 29.8 Å². The maximum atomic E-state index is 12.3. The van der Waals surface area contributed by atoms with Crippen LogP contribution in [0, 0.1) is 0 Å². The molecular formula is C22H17N3OS. The number of hydrogen-bond acceptors (Lipinski definition) is 3. The van der Waals surface area contributed by atoms with E-state index in [2.05, 4.69) is 28.0 Å². The fourth-order valence-corrected chi connectivity index (χ4v) is 3.64. The Balaban J connectivity index is 1.77. The minimum atomic E-state index is -0.232. The number of nitrogens with zero attached hydrogens (tertiary/aromatic N) is 2. The van der Waals surface area contributed by atoms with Gasteiger partial charge in [-0.1, -0.05) is 66.7 Å². The maximum absolute atomic E-state index is 12.3. The van der Waals surface area contributed by atoms with Crippen molar-refractivity contribution in [3.05, 3.63) is 107 Å². The Morgan fingerprint density at radius 2 is 1.41 bits per heavy atom. The SMILES string of the molecule is O=C(NN=c1scc(-c2ccccc2)n1-c1ccccc1)c1ccccc1. The van der Waals surface area contributed by atoms with E-state index in [4.69, 9.17) is 0 Å². The molecule has 3 aromatic carbocycles. The van der Waals surface area contributed by atoms with E-state index in [1.54, 1.807) is 12.1 Å². The van der Waals surface area contributed by atoms with Crippen LogP contribution in [0.5, 0.6) is 0 Å². The Bertz CT molecular complexity index is 1100. The average Bonchev–Trinajstić information content (AvgIpc) is 3.18. The third-order valence-corrected chi connectivity index (χ3v) is 4.91. The summed E-state index contributed by atoms with van der Waals surface area (Å²) in [5.74, 6) is -0.232. The zero-order valence-corrected chi connectivity index (χ0v) is 15.3. The van der Waals surface area contributed by atoms with E-state index >= 15 is 0 Å². The second-order valence-corrected chi connectivity index (χ2v) is 6.70. The lowest BCUT2D eigenvalue weighted by Crippen LogP contribution is -2.24. The fourth-order valence-electron chi connectivity index (χ4n) is 2.78. The van der Waals surface area contributed by atoms with Gasteiger partial charge in [0.15, 0.2) is 0 Å². The molecule has 0 fully saturated rings. The van der Waals surface area contributed by atoms with Crippen molar-refractivity contribution in [2.75, 3.05) is 0 Å². The number of thiazole rings is 1. The highest BCUT2D eigenvalue weighted by Crippen LogP contribution is 2.22. The molecule has 4 aromatic rings. The van der Waals surface area contributed by atoms with Crippen molar-refractivity contribution in [3.63, 3.8) is 0 Å². The first kappa shape index (κ1) is 17.0. The second-order valence-electron chi connectivity index (χ2n) is 5.86. The first-order valence-electron chi connectivity index (χ1n) is 8.53. The van der Waals surface area contributed by atoms with E-state index in [-0.39, 0.29) is 5.91 Å². The molecule has 1 aromatic heterocycles. The Labute approximate surface area is 161 Å². The molecule has 1 heterocycles. The maximum Gasteiger partial charge on any atom is 0.271 e. The van der Waals surface area contributed by atoms with E-state index in [9.17, 15) is 4.79 Å². The first-order chi connectivity index (χ1) is 13.3. The molecule has 4 rings (SSSR count). The molecule has 27 heavy (non-hydrogen) atoms. The van der Waals surface area contributed by atoms with Crippen LogP contribution in [0.25, 0.3) is 16.9 Å². The van der Waals surface area contributed by atoms with Gasteiger partial charge in [-0.3, -0.25) is 9.36 Å². The molecule has 0 atom stereocenters. The highest BCUT2D eigenvalue weighted by atomic mass is 32.1. The van der Waals surface area contributed by atoms with Crippen molar-refractivity contribution in [1.82, 2.24) is 9.99 Å². The summed E-state index contributed by atoms with van der Waals surface area (Å²) >= 11 is 1.48. The molecule has 4 nitrogen and oxygen atoms in total. The molecular weight excluding hydrogens is 354 g/mol. The number of hydrogen-bond donors (Lipinski definition) is 1. The lowest BCUT2D eigenvalue weighted by molar-refractivity contribution is 0.0953. The molecule has 1 N–H and O–H groups in total. The van der Waals surface area contributed by atoms with Crippen molar-refractivity contribution >= 4 is 17.2 Å². The van der Waals surface area contributed by atoms with Crippen molar-refractivity contribution < 1.29 is 4.79 Å². The van der Waals surface area contributed by atoms with E-state index in [0.717, 1.165) is 16.9 Å². The summed E-state index contributed by atoms with van der Waals surface area (Å²) in [6, 6.07) is 29.2. The molecule has 0 spiro atoms. The van der Waals surface area contributed by atoms with Crippen LogP contribution in [0.15, 0.2) is 101 Å². The number of carbonyl (C=O) groups is 1. The number of para-hydroxylation sites is 1. The molecule has 0 aliphatic heterocycles. The van der Waals surface area contributed by atoms with Gasteiger partial charge in [-0.25, -0.2) is 5.43 Å². The molecule has 0 aliphatic rings. The summed E-state index contributed by atoms with van der Waals surface area (Å²) < 4.78 is 2.05. The summed E-state index contributed by atoms with van der Waals surface area (Å²) in [5, 5.41) is 6.44. The van der Waals surface area contributed by atoms with Gasteiger partial charge >= 0.3 is 0 Å². The molecule has 0 bridgehead atoms. The van der Waals surface area contributed by atoms with E-state index in [1.807, 2.05) is 71.3 Å². The van der Waals surface area contributed by atoms with Gasteiger partial charge in [0.2, 0.25) is 4.80 Å². The van der Waals surface area contributed by atoms with Crippen molar-refractivity contribution in [2.45, 2.75) is 0 Å². The van der Waals surface area contributed by atoms with Crippen LogP contribution in [0.4, 0.5) is 0 Å². The van der Waals surface area contributed by atoms with Crippen LogP contribution in [0.2, 0.25) is 0 Å². The van der Waals surface area contributed by atoms with Crippen LogP contribution in [0.1, 0.15) is 10.4 Å². The summed E-state index contributed by atoms with van der Waals surface area (Å²) in [6.07, 6.45) is 0. The van der Waals surface area contributed by atoms with Gasteiger partial charge in [0.05, 0.1) is 5.69 Å². The molecule has 0 saturated carbocycles. The summed E-state index contributed by atoms with van der Waals surface area (Å²) in [6.45, 7) is 0. The quantitative estimate of drug-likeness (QED) is 0.529. The summed E-state index contributed by atoms with van der Waals surface area (Å²) in [4.78, 5) is 13.0. The van der Waals surface area contributed by atoms with Crippen molar-refractivity contribution in [2.24, 2.45) is 5.10 Å². The van der Waals surface area contributed by atoms with Crippen LogP contribution in [0.3, 0.4) is 0 Å². The third-order valence-electron chi connectivity index (χ3n) is 4.08. The monoisotopic (exact) mass is 371 g/mol. The topological polar surface area (TPSA) is 46.4 Å². The number of carbonyl (C=O) groups excluding carboxylic acids is 1. The van der Waals surface area contributed by atoms with Gasteiger partial charge in [-0.15, -0.1) is 16.4 Å². The normalized spacial score (nSPS) is 11.3. The molecule has 0 radical (unpaired) electrons. The highest BCUT2D eigenvalue weighted by molar-refractivity contribution is 7.07. The highest BCUT2D eigenvalue weighted by Gasteiger charge is 2.10. The minimum Gasteiger partial charge on any atom is -0.284 e. The van der Waals surface area contributed by atoms with Gasteiger partial charge < -0.3 is 0 Å². The molecule has 0 saturated heterocycles. The third kappa shape index (κ3) is 3.73. The number of benzene rings is 3. The zero-order valence-electron chi connectivity index (χ0n) is 14.4. The molecule has 1 amide bonds. The summed E-state index contributed by atoms with van der Waals surface area (Å²) in [5.41, 5.74) is 6.35. The van der Waals surface area contributed by atoms with Crippen LogP contribution < -0.4 is 10.2 Å².